The van der Waals surface area contributed by atoms with Gasteiger partial charge in [-0.05, 0) is 51.8 Å². The third-order valence-electron chi connectivity index (χ3n) is 5.98. The number of nitrogens with zero attached hydrogens (tertiary/aromatic N) is 2. The molecule has 0 fully saturated rings. The van der Waals surface area contributed by atoms with E-state index >= 15 is 0 Å². The van der Waals surface area contributed by atoms with E-state index in [4.69, 9.17) is 9.57 Å². The van der Waals surface area contributed by atoms with Crippen molar-refractivity contribution in [1.29, 1.82) is 0 Å². The molecule has 37 heavy (non-hydrogen) atoms. The smallest absolute Gasteiger partial charge is 0.408 e. The third kappa shape index (κ3) is 6.05. The van der Waals surface area contributed by atoms with Crippen LogP contribution in [0.25, 0.3) is 21.8 Å². The zero-order valence-corrected chi connectivity index (χ0v) is 21.1. The van der Waals surface area contributed by atoms with E-state index < -0.39 is 23.9 Å². The van der Waals surface area contributed by atoms with Crippen LogP contribution >= 0.6 is 15.9 Å². The molecule has 190 valence electrons. The largest absolute Gasteiger partial charge is 0.445 e. The molecule has 0 bridgehead atoms. The summed E-state index contributed by atoms with van der Waals surface area (Å²) in [5.74, 6) is -0.823. The maximum absolute atomic E-state index is 13.9. The number of carbonyl (C=O) groups excluding carboxylic acids is 2. The lowest BCUT2D eigenvalue weighted by Crippen LogP contribution is -2.49. The Hall–Kier alpha value is -3.99. The number of aromatic amines is 1. The average molecular weight is 568 g/mol. The molecule has 11 heteroatoms. The average Bonchev–Trinajstić information content (AvgIpc) is 3.50. The van der Waals surface area contributed by atoms with Gasteiger partial charge < -0.3 is 25.2 Å². The molecule has 0 aliphatic carbocycles. The van der Waals surface area contributed by atoms with Gasteiger partial charge in [-0.2, -0.15) is 0 Å². The number of pyridine rings is 1. The number of alkyl carbamates (subject to hydrolysis) is 1. The highest BCUT2D eigenvalue weighted by Crippen LogP contribution is 2.21. The molecule has 2 atom stereocenters. The fourth-order valence-electron chi connectivity index (χ4n) is 4.12. The zero-order valence-electron chi connectivity index (χ0n) is 19.5. The Morgan fingerprint density at radius 1 is 1.24 bits per heavy atom. The molecule has 3 heterocycles. The summed E-state index contributed by atoms with van der Waals surface area (Å²) in [6.45, 7) is 0.188. The van der Waals surface area contributed by atoms with Crippen LogP contribution in [0.4, 0.5) is 9.18 Å². The quantitative estimate of drug-likeness (QED) is 0.293. The minimum Gasteiger partial charge on any atom is -0.445 e. The number of amides is 2. The van der Waals surface area contributed by atoms with Crippen LogP contribution in [0, 0.1) is 5.82 Å². The highest BCUT2D eigenvalue weighted by atomic mass is 79.9. The SMILES string of the molecule is O=C(NC(Cc1c[nH]c2ccc(F)cc12)C(=O)NC[C@@H]1CC(Br)=NO1)OCc1cnc2ccccc2c1. The Morgan fingerprint density at radius 2 is 2.11 bits per heavy atom. The first kappa shape index (κ1) is 24.7. The minimum atomic E-state index is -0.977. The van der Waals surface area contributed by atoms with Crippen molar-refractivity contribution in [3.05, 3.63) is 77.9 Å². The number of H-pyrrole nitrogens is 1. The minimum absolute atomic E-state index is 0.0163. The van der Waals surface area contributed by atoms with Crippen molar-refractivity contribution in [3.63, 3.8) is 0 Å². The number of fused-ring (bicyclic) bond motifs is 2. The molecular weight excluding hydrogens is 545 g/mol. The Morgan fingerprint density at radius 3 is 2.95 bits per heavy atom. The van der Waals surface area contributed by atoms with Crippen molar-refractivity contribution in [2.45, 2.75) is 31.6 Å². The summed E-state index contributed by atoms with van der Waals surface area (Å²) in [5.41, 5.74) is 2.96. The first-order chi connectivity index (χ1) is 17.9. The molecule has 0 saturated carbocycles. The van der Waals surface area contributed by atoms with E-state index in [9.17, 15) is 14.0 Å². The summed E-state index contributed by atoms with van der Waals surface area (Å²) in [7, 11) is 0. The molecule has 0 radical (unpaired) electrons. The van der Waals surface area contributed by atoms with Gasteiger partial charge in [-0.3, -0.25) is 9.78 Å². The number of ether oxygens (including phenoxy) is 1. The molecular formula is C26H23BrFN5O4. The van der Waals surface area contributed by atoms with Crippen LogP contribution < -0.4 is 10.6 Å². The number of rotatable bonds is 8. The van der Waals surface area contributed by atoms with Crippen molar-refractivity contribution >= 4 is 54.4 Å². The molecule has 3 N–H and O–H groups in total. The van der Waals surface area contributed by atoms with E-state index in [1.807, 2.05) is 30.3 Å². The Balaban J connectivity index is 1.26. The van der Waals surface area contributed by atoms with Gasteiger partial charge in [0.25, 0.3) is 0 Å². The topological polar surface area (TPSA) is 118 Å². The summed E-state index contributed by atoms with van der Waals surface area (Å²) < 4.78 is 19.9. The highest BCUT2D eigenvalue weighted by Gasteiger charge is 2.26. The van der Waals surface area contributed by atoms with Crippen LogP contribution in [0.3, 0.4) is 0 Å². The van der Waals surface area contributed by atoms with Gasteiger partial charge >= 0.3 is 6.09 Å². The van der Waals surface area contributed by atoms with Crippen LogP contribution in [0.1, 0.15) is 17.5 Å². The molecule has 1 unspecified atom stereocenters. The second-order valence-corrected chi connectivity index (χ2v) is 9.58. The fraction of sp³-hybridized carbons (Fsp3) is 0.231. The van der Waals surface area contributed by atoms with E-state index in [0.717, 1.165) is 16.4 Å². The number of hydrogen-bond acceptors (Lipinski definition) is 6. The van der Waals surface area contributed by atoms with E-state index in [2.05, 4.69) is 41.7 Å². The van der Waals surface area contributed by atoms with Gasteiger partial charge in [-0.1, -0.05) is 23.4 Å². The molecule has 1 aliphatic heterocycles. The summed E-state index contributed by atoms with van der Waals surface area (Å²) >= 11 is 3.27. The first-order valence-corrected chi connectivity index (χ1v) is 12.4. The predicted octanol–water partition coefficient (Wildman–Crippen LogP) is 4.31. The number of oxime groups is 1. The van der Waals surface area contributed by atoms with E-state index in [1.165, 1.54) is 12.1 Å². The second kappa shape index (κ2) is 11.0. The van der Waals surface area contributed by atoms with Crippen molar-refractivity contribution in [2.75, 3.05) is 6.54 Å². The Bertz CT molecular complexity index is 1490. The van der Waals surface area contributed by atoms with Gasteiger partial charge in [-0.15, -0.1) is 0 Å². The summed E-state index contributed by atoms with van der Waals surface area (Å²) in [6, 6.07) is 12.9. The van der Waals surface area contributed by atoms with Gasteiger partial charge in [0.15, 0.2) is 6.10 Å². The number of nitrogens with one attached hydrogen (secondary N) is 3. The lowest BCUT2D eigenvalue weighted by atomic mass is 10.0. The predicted molar refractivity (Wildman–Crippen MR) is 140 cm³/mol. The van der Waals surface area contributed by atoms with Crippen LogP contribution in [0.15, 0.2) is 66.1 Å². The second-order valence-electron chi connectivity index (χ2n) is 8.66. The summed E-state index contributed by atoms with van der Waals surface area (Å²) in [6.07, 6.45) is 2.91. The van der Waals surface area contributed by atoms with Crippen molar-refractivity contribution in [2.24, 2.45) is 5.16 Å². The monoisotopic (exact) mass is 567 g/mol. The van der Waals surface area contributed by atoms with Crippen LogP contribution in [-0.2, 0) is 27.4 Å². The molecule has 4 aromatic rings. The fourth-order valence-corrected chi connectivity index (χ4v) is 4.56. The van der Waals surface area contributed by atoms with Gasteiger partial charge in [0.05, 0.1) is 12.1 Å². The van der Waals surface area contributed by atoms with E-state index in [0.29, 0.717) is 27.6 Å². The lowest BCUT2D eigenvalue weighted by molar-refractivity contribution is -0.123. The Kier molecular flexibility index (Phi) is 7.31. The Labute approximate surface area is 219 Å². The summed E-state index contributed by atoms with van der Waals surface area (Å²) in [4.78, 5) is 38.4. The molecule has 2 amide bonds. The van der Waals surface area contributed by atoms with Gasteiger partial charge in [0.1, 0.15) is 23.1 Å². The number of aromatic nitrogens is 2. The number of para-hydroxylation sites is 1. The normalized spacial score (nSPS) is 15.7. The van der Waals surface area contributed by atoms with Crippen molar-refractivity contribution in [1.82, 2.24) is 20.6 Å². The van der Waals surface area contributed by atoms with Crippen LogP contribution in [0.2, 0.25) is 0 Å². The maximum Gasteiger partial charge on any atom is 0.408 e. The molecule has 1 aliphatic rings. The van der Waals surface area contributed by atoms with Gasteiger partial charge in [-0.25, -0.2) is 9.18 Å². The zero-order chi connectivity index (χ0) is 25.8. The third-order valence-corrected chi connectivity index (χ3v) is 6.45. The molecule has 2 aromatic heterocycles. The summed E-state index contributed by atoms with van der Waals surface area (Å²) in [5, 5.41) is 10.8. The first-order valence-electron chi connectivity index (χ1n) is 11.6. The van der Waals surface area contributed by atoms with E-state index in [1.54, 1.807) is 18.5 Å². The number of hydrogen-bond donors (Lipinski definition) is 3. The highest BCUT2D eigenvalue weighted by molar-refractivity contribution is 9.18. The number of carbonyl (C=O) groups is 2. The number of benzene rings is 2. The van der Waals surface area contributed by atoms with Crippen LogP contribution in [0.5, 0.6) is 0 Å². The molecule has 0 saturated heterocycles. The van der Waals surface area contributed by atoms with Crippen LogP contribution in [-0.4, -0.2) is 45.3 Å². The van der Waals surface area contributed by atoms with Crippen molar-refractivity contribution in [3.8, 4) is 0 Å². The van der Waals surface area contributed by atoms with Gasteiger partial charge in [0, 0.05) is 47.1 Å². The molecule has 9 nitrogen and oxygen atoms in total. The molecule has 0 spiro atoms. The lowest BCUT2D eigenvalue weighted by Gasteiger charge is -2.19. The molecule has 2 aromatic carbocycles. The van der Waals surface area contributed by atoms with Gasteiger partial charge in [0.2, 0.25) is 5.91 Å². The number of halogens is 2. The van der Waals surface area contributed by atoms with E-state index in [-0.39, 0.29) is 25.7 Å². The molecule has 5 rings (SSSR count). The standard InChI is InChI=1S/C26H23BrFN5O4/c27-24-10-19(37-33-24)13-31-25(34)23(8-17-12-30-22-6-5-18(28)9-20(17)22)32-26(35)36-14-15-7-16-3-1-2-4-21(16)29-11-15/h1-7,9,11-12,19,23,30H,8,10,13-14H2,(H,31,34)(H,32,35)/t19-,23?/m0/s1. The maximum atomic E-state index is 13.9. The van der Waals surface area contributed by atoms with Crippen molar-refractivity contribution < 1.29 is 23.6 Å².